The molecule has 1 aliphatic carbocycles. The normalized spacial score (nSPS) is 39.6. The Hall–Kier alpha value is -0.730. The molecule has 1 heterocycles. The van der Waals surface area contributed by atoms with Gasteiger partial charge in [-0.25, -0.2) is 0 Å². The third-order valence-electron chi connectivity index (χ3n) is 5.43. The number of carbonyl (C=O) groups is 1. The van der Waals surface area contributed by atoms with Crippen molar-refractivity contribution in [3.63, 3.8) is 0 Å². The van der Waals surface area contributed by atoms with Crippen molar-refractivity contribution in [2.45, 2.75) is 75.7 Å². The summed E-state index contributed by atoms with van der Waals surface area (Å²) in [4.78, 5) is 11.6. The molecule has 6 atom stereocenters. The molecule has 2 fully saturated rings. The SMILES string of the molecule is COC[C@H]1[C@H]2O[C@H](OC)[C@H](OC(C)=O)[C@]1(O)CCCCCC[C@H]2OC. The van der Waals surface area contributed by atoms with Gasteiger partial charge in [-0.05, 0) is 12.8 Å². The standard InChI is InChI=1S/C18H32O7/c1-12(19)24-16-17(23-4)25-15-13(11-21-2)18(16,20)10-8-6-5-7-9-14(15)22-3/h13-17,20H,5-11H2,1-4H3/t13-,14+,15+,16-,17-,18-/m0/s1. The Bertz CT molecular complexity index is 430. The zero-order valence-corrected chi connectivity index (χ0v) is 15.7. The Balaban J connectivity index is 2.44. The summed E-state index contributed by atoms with van der Waals surface area (Å²) in [5.74, 6) is -0.852. The van der Waals surface area contributed by atoms with E-state index in [1.807, 2.05) is 0 Å². The Morgan fingerprint density at radius 2 is 1.88 bits per heavy atom. The van der Waals surface area contributed by atoms with Gasteiger partial charge in [-0.2, -0.15) is 0 Å². The number of ether oxygens (including phenoxy) is 5. The molecule has 0 radical (unpaired) electrons. The molecule has 2 aliphatic rings. The van der Waals surface area contributed by atoms with Gasteiger partial charge in [0.05, 0.1) is 18.8 Å². The molecule has 1 saturated carbocycles. The van der Waals surface area contributed by atoms with Crippen LogP contribution < -0.4 is 0 Å². The number of hydrogen-bond acceptors (Lipinski definition) is 7. The van der Waals surface area contributed by atoms with Crippen LogP contribution in [0.15, 0.2) is 0 Å². The largest absolute Gasteiger partial charge is 0.454 e. The second-order valence-corrected chi connectivity index (χ2v) is 7.01. The highest BCUT2D eigenvalue weighted by molar-refractivity contribution is 5.66. The van der Waals surface area contributed by atoms with E-state index in [9.17, 15) is 9.90 Å². The summed E-state index contributed by atoms with van der Waals surface area (Å²) in [5.41, 5.74) is -1.29. The van der Waals surface area contributed by atoms with Crippen LogP contribution in [0.25, 0.3) is 0 Å². The Labute approximate surface area is 149 Å². The summed E-state index contributed by atoms with van der Waals surface area (Å²) in [6.45, 7) is 1.61. The molecule has 0 unspecified atom stereocenters. The van der Waals surface area contributed by atoms with Crippen molar-refractivity contribution in [1.82, 2.24) is 0 Å². The van der Waals surface area contributed by atoms with E-state index in [0.29, 0.717) is 6.42 Å². The number of rotatable bonds is 5. The van der Waals surface area contributed by atoms with E-state index in [-0.39, 0.29) is 18.6 Å². The van der Waals surface area contributed by atoms with Gasteiger partial charge in [-0.3, -0.25) is 4.79 Å². The lowest BCUT2D eigenvalue weighted by atomic mass is 9.71. The van der Waals surface area contributed by atoms with Crippen molar-refractivity contribution in [1.29, 1.82) is 0 Å². The lowest BCUT2D eigenvalue weighted by molar-refractivity contribution is -0.333. The summed E-state index contributed by atoms with van der Waals surface area (Å²) in [6, 6.07) is 0. The molecule has 0 amide bonds. The molecule has 1 saturated heterocycles. The molecule has 0 spiro atoms. The molecule has 7 heteroatoms. The maximum atomic E-state index is 11.7. The first kappa shape index (κ1) is 20.6. The fourth-order valence-corrected chi connectivity index (χ4v) is 4.18. The fraction of sp³-hybridized carbons (Fsp3) is 0.944. The highest BCUT2D eigenvalue weighted by atomic mass is 16.7. The smallest absolute Gasteiger partial charge is 0.303 e. The second kappa shape index (κ2) is 9.28. The summed E-state index contributed by atoms with van der Waals surface area (Å²) < 4.78 is 28.1. The predicted octanol–water partition coefficient (Wildman–Crippen LogP) is 1.65. The van der Waals surface area contributed by atoms with Crippen LogP contribution in [0.1, 0.15) is 45.4 Å². The van der Waals surface area contributed by atoms with Gasteiger partial charge in [0.15, 0.2) is 12.4 Å². The average molecular weight is 360 g/mol. The quantitative estimate of drug-likeness (QED) is 0.746. The van der Waals surface area contributed by atoms with Crippen LogP contribution in [-0.2, 0) is 28.5 Å². The average Bonchev–Trinajstić information content (AvgIpc) is 2.58. The van der Waals surface area contributed by atoms with E-state index in [2.05, 4.69) is 0 Å². The number of aliphatic hydroxyl groups is 1. The minimum atomic E-state index is -1.29. The van der Waals surface area contributed by atoms with Gasteiger partial charge in [0.2, 0.25) is 0 Å². The van der Waals surface area contributed by atoms with Crippen molar-refractivity contribution >= 4 is 5.97 Å². The molecule has 2 rings (SSSR count). The zero-order chi connectivity index (χ0) is 18.4. The maximum Gasteiger partial charge on any atom is 0.303 e. The molecule has 1 aliphatic heterocycles. The fourth-order valence-electron chi connectivity index (χ4n) is 4.18. The van der Waals surface area contributed by atoms with Crippen molar-refractivity contribution in [2.75, 3.05) is 27.9 Å². The van der Waals surface area contributed by atoms with Crippen molar-refractivity contribution < 1.29 is 33.6 Å². The lowest BCUT2D eigenvalue weighted by Crippen LogP contribution is -2.68. The first-order chi connectivity index (χ1) is 12.0. The Morgan fingerprint density at radius 3 is 2.48 bits per heavy atom. The molecule has 0 aromatic heterocycles. The first-order valence-electron chi connectivity index (χ1n) is 9.07. The molecule has 7 nitrogen and oxygen atoms in total. The Kier molecular flexibility index (Phi) is 7.64. The molecular formula is C18H32O7. The van der Waals surface area contributed by atoms with Crippen LogP contribution in [0.2, 0.25) is 0 Å². The van der Waals surface area contributed by atoms with E-state index >= 15 is 0 Å². The van der Waals surface area contributed by atoms with Crippen LogP contribution in [0.4, 0.5) is 0 Å². The summed E-state index contributed by atoms with van der Waals surface area (Å²) in [6.07, 6.45) is 2.98. The third-order valence-corrected chi connectivity index (χ3v) is 5.43. The molecule has 2 bridgehead atoms. The van der Waals surface area contributed by atoms with Crippen LogP contribution >= 0.6 is 0 Å². The van der Waals surface area contributed by atoms with Crippen molar-refractivity contribution in [3.05, 3.63) is 0 Å². The lowest BCUT2D eigenvalue weighted by Gasteiger charge is -2.52. The predicted molar refractivity (Wildman–Crippen MR) is 90.0 cm³/mol. The number of hydrogen-bond donors (Lipinski definition) is 1. The zero-order valence-electron chi connectivity index (χ0n) is 15.7. The van der Waals surface area contributed by atoms with Gasteiger partial charge in [0.1, 0.15) is 5.60 Å². The van der Waals surface area contributed by atoms with Crippen molar-refractivity contribution in [3.8, 4) is 0 Å². The van der Waals surface area contributed by atoms with E-state index in [1.54, 1.807) is 14.2 Å². The van der Waals surface area contributed by atoms with Gasteiger partial charge < -0.3 is 28.8 Å². The highest BCUT2D eigenvalue weighted by Gasteiger charge is 2.59. The van der Waals surface area contributed by atoms with Crippen LogP contribution in [0.5, 0.6) is 0 Å². The number of esters is 1. The van der Waals surface area contributed by atoms with Crippen LogP contribution in [-0.4, -0.2) is 69.2 Å². The highest BCUT2D eigenvalue weighted by Crippen LogP contribution is 2.43. The van der Waals surface area contributed by atoms with Gasteiger partial charge >= 0.3 is 5.97 Å². The van der Waals surface area contributed by atoms with Gasteiger partial charge in [0, 0.05) is 34.2 Å². The number of carbonyl (C=O) groups excluding carboxylic acids is 1. The number of fused-ring (bicyclic) bond motifs is 2. The molecular weight excluding hydrogens is 328 g/mol. The first-order valence-corrected chi connectivity index (χ1v) is 9.07. The minimum Gasteiger partial charge on any atom is -0.454 e. The number of methoxy groups -OCH3 is 3. The maximum absolute atomic E-state index is 11.7. The second-order valence-electron chi connectivity index (χ2n) is 7.01. The van der Waals surface area contributed by atoms with E-state index in [1.165, 1.54) is 14.0 Å². The summed E-state index contributed by atoms with van der Waals surface area (Å²) in [7, 11) is 4.74. The monoisotopic (exact) mass is 360 g/mol. The minimum absolute atomic E-state index is 0.180. The van der Waals surface area contributed by atoms with Crippen LogP contribution in [0.3, 0.4) is 0 Å². The molecule has 25 heavy (non-hydrogen) atoms. The molecule has 0 aromatic rings. The third kappa shape index (κ3) is 4.52. The van der Waals surface area contributed by atoms with E-state index in [4.69, 9.17) is 23.7 Å². The Morgan fingerprint density at radius 1 is 1.16 bits per heavy atom. The summed E-state index contributed by atoms with van der Waals surface area (Å²) in [5, 5.41) is 11.7. The van der Waals surface area contributed by atoms with E-state index in [0.717, 1.165) is 32.1 Å². The molecule has 146 valence electrons. The summed E-state index contributed by atoms with van der Waals surface area (Å²) >= 11 is 0. The molecule has 0 aromatic carbocycles. The van der Waals surface area contributed by atoms with Gasteiger partial charge in [0.25, 0.3) is 0 Å². The topological polar surface area (TPSA) is 83.5 Å². The van der Waals surface area contributed by atoms with Crippen molar-refractivity contribution in [2.24, 2.45) is 5.92 Å². The van der Waals surface area contributed by atoms with Gasteiger partial charge in [-0.1, -0.05) is 25.7 Å². The van der Waals surface area contributed by atoms with Gasteiger partial charge in [-0.15, -0.1) is 0 Å². The van der Waals surface area contributed by atoms with Crippen LogP contribution in [0, 0.1) is 5.92 Å². The van der Waals surface area contributed by atoms with E-state index < -0.39 is 30.1 Å². The molecule has 1 N–H and O–H groups in total.